The third-order valence-corrected chi connectivity index (χ3v) is 1.76. The SMILES string of the molecule is Cc1cnc(Cl)c(=O)n1CC(=O)O. The number of aromatic nitrogens is 2. The van der Waals surface area contributed by atoms with E-state index in [4.69, 9.17) is 16.7 Å². The van der Waals surface area contributed by atoms with Gasteiger partial charge in [-0.2, -0.15) is 0 Å². The van der Waals surface area contributed by atoms with E-state index in [0.29, 0.717) is 5.69 Å². The predicted molar refractivity (Wildman–Crippen MR) is 45.9 cm³/mol. The summed E-state index contributed by atoms with van der Waals surface area (Å²) in [5.74, 6) is -1.09. The van der Waals surface area contributed by atoms with Crippen molar-refractivity contribution in [2.24, 2.45) is 0 Å². The summed E-state index contributed by atoms with van der Waals surface area (Å²) in [6, 6.07) is 0. The number of carboxylic acid groups (broad SMARTS) is 1. The van der Waals surface area contributed by atoms with Crippen molar-refractivity contribution in [1.29, 1.82) is 0 Å². The van der Waals surface area contributed by atoms with Gasteiger partial charge in [0.25, 0.3) is 5.56 Å². The molecule has 1 heterocycles. The highest BCUT2D eigenvalue weighted by Gasteiger charge is 2.08. The van der Waals surface area contributed by atoms with Crippen LogP contribution in [0.15, 0.2) is 11.0 Å². The van der Waals surface area contributed by atoms with E-state index in [9.17, 15) is 9.59 Å². The van der Waals surface area contributed by atoms with Crippen LogP contribution in [0.4, 0.5) is 0 Å². The number of aryl methyl sites for hydroxylation is 1. The molecule has 0 radical (unpaired) electrons. The first-order valence-corrected chi connectivity index (χ1v) is 3.84. The van der Waals surface area contributed by atoms with Gasteiger partial charge in [0, 0.05) is 11.9 Å². The van der Waals surface area contributed by atoms with Crippen LogP contribution in [0.5, 0.6) is 0 Å². The van der Waals surface area contributed by atoms with Gasteiger partial charge in [-0.3, -0.25) is 14.2 Å². The fraction of sp³-hybridized carbons (Fsp3) is 0.286. The number of aliphatic carboxylic acids is 1. The van der Waals surface area contributed by atoms with Crippen LogP contribution in [0.3, 0.4) is 0 Å². The molecule has 70 valence electrons. The maximum Gasteiger partial charge on any atom is 0.323 e. The molecule has 0 aromatic carbocycles. The number of rotatable bonds is 2. The standard InChI is InChI=1S/C7H7ClN2O3/c1-4-2-9-6(8)7(13)10(4)3-5(11)12/h2H,3H2,1H3,(H,11,12). The molecule has 0 bridgehead atoms. The predicted octanol–water partition coefficient (Wildman–Crippen LogP) is 0.290. The Morgan fingerprint density at radius 1 is 1.77 bits per heavy atom. The van der Waals surface area contributed by atoms with Crippen LogP contribution < -0.4 is 5.56 Å². The van der Waals surface area contributed by atoms with E-state index in [2.05, 4.69) is 4.98 Å². The highest BCUT2D eigenvalue weighted by atomic mass is 35.5. The highest BCUT2D eigenvalue weighted by molar-refractivity contribution is 6.29. The molecule has 1 aromatic heterocycles. The maximum atomic E-state index is 11.2. The molecule has 0 spiro atoms. The Labute approximate surface area is 78.6 Å². The average molecular weight is 203 g/mol. The zero-order chi connectivity index (χ0) is 10.0. The quantitative estimate of drug-likeness (QED) is 0.748. The van der Waals surface area contributed by atoms with E-state index in [1.807, 2.05) is 0 Å². The van der Waals surface area contributed by atoms with Crippen molar-refractivity contribution in [2.75, 3.05) is 0 Å². The molecular formula is C7H7ClN2O3. The lowest BCUT2D eigenvalue weighted by Crippen LogP contribution is -2.27. The van der Waals surface area contributed by atoms with Crippen LogP contribution >= 0.6 is 11.6 Å². The lowest BCUT2D eigenvalue weighted by molar-refractivity contribution is -0.137. The zero-order valence-corrected chi connectivity index (χ0v) is 7.58. The van der Waals surface area contributed by atoms with Crippen LogP contribution in [0.25, 0.3) is 0 Å². The molecule has 0 atom stereocenters. The molecule has 6 heteroatoms. The van der Waals surface area contributed by atoms with Gasteiger partial charge in [0.1, 0.15) is 6.54 Å². The topological polar surface area (TPSA) is 72.2 Å². The minimum absolute atomic E-state index is 0.216. The summed E-state index contributed by atoms with van der Waals surface area (Å²) >= 11 is 5.43. The van der Waals surface area contributed by atoms with Gasteiger partial charge >= 0.3 is 5.97 Å². The summed E-state index contributed by atoms with van der Waals surface area (Å²) in [6.45, 7) is 1.20. The Morgan fingerprint density at radius 3 is 2.92 bits per heavy atom. The number of nitrogens with zero attached hydrogens (tertiary/aromatic N) is 2. The molecule has 13 heavy (non-hydrogen) atoms. The van der Waals surface area contributed by atoms with Gasteiger partial charge in [0.05, 0.1) is 0 Å². The summed E-state index contributed by atoms with van der Waals surface area (Å²) in [5, 5.41) is 8.27. The molecule has 1 aromatic rings. The Kier molecular flexibility index (Phi) is 2.67. The Balaban J connectivity index is 3.26. The van der Waals surface area contributed by atoms with E-state index in [-0.39, 0.29) is 5.15 Å². The third kappa shape index (κ3) is 2.06. The van der Waals surface area contributed by atoms with Crippen molar-refractivity contribution in [3.8, 4) is 0 Å². The van der Waals surface area contributed by atoms with E-state index in [1.165, 1.54) is 6.20 Å². The largest absolute Gasteiger partial charge is 0.480 e. The maximum absolute atomic E-state index is 11.2. The van der Waals surface area contributed by atoms with Gasteiger partial charge in [0.2, 0.25) is 0 Å². The molecular weight excluding hydrogens is 196 g/mol. The summed E-state index contributed by atoms with van der Waals surface area (Å²) in [4.78, 5) is 25.2. The number of halogens is 1. The molecule has 0 amide bonds. The van der Waals surface area contributed by atoms with Gasteiger partial charge in [-0.1, -0.05) is 11.6 Å². The van der Waals surface area contributed by atoms with Crippen LogP contribution in [0, 0.1) is 6.92 Å². The van der Waals surface area contributed by atoms with Crippen molar-refractivity contribution >= 4 is 17.6 Å². The first-order chi connectivity index (χ1) is 6.02. The minimum atomic E-state index is -1.09. The second-order valence-electron chi connectivity index (χ2n) is 2.48. The normalized spacial score (nSPS) is 10.0. The second-order valence-corrected chi connectivity index (χ2v) is 2.83. The lowest BCUT2D eigenvalue weighted by Gasteiger charge is -2.05. The van der Waals surface area contributed by atoms with Crippen molar-refractivity contribution < 1.29 is 9.90 Å². The van der Waals surface area contributed by atoms with Crippen molar-refractivity contribution in [2.45, 2.75) is 13.5 Å². The molecule has 0 aliphatic heterocycles. The van der Waals surface area contributed by atoms with Crippen molar-refractivity contribution in [1.82, 2.24) is 9.55 Å². The molecule has 0 unspecified atom stereocenters. The number of carboxylic acids is 1. The van der Waals surface area contributed by atoms with E-state index < -0.39 is 18.1 Å². The van der Waals surface area contributed by atoms with E-state index >= 15 is 0 Å². The first-order valence-electron chi connectivity index (χ1n) is 3.46. The second kappa shape index (κ2) is 3.57. The monoisotopic (exact) mass is 202 g/mol. The summed E-state index contributed by atoms with van der Waals surface area (Å²) in [5.41, 5.74) is -0.110. The molecule has 0 saturated carbocycles. The summed E-state index contributed by atoms with van der Waals surface area (Å²) < 4.78 is 1.05. The molecule has 0 aliphatic carbocycles. The molecule has 1 N–H and O–H groups in total. The molecule has 0 fully saturated rings. The Morgan fingerprint density at radius 2 is 2.38 bits per heavy atom. The van der Waals surface area contributed by atoms with Crippen LogP contribution in [0.1, 0.15) is 5.69 Å². The van der Waals surface area contributed by atoms with Gasteiger partial charge < -0.3 is 5.11 Å². The average Bonchev–Trinajstić information content (AvgIpc) is 2.05. The van der Waals surface area contributed by atoms with Crippen molar-refractivity contribution in [3.63, 3.8) is 0 Å². The fourth-order valence-corrected chi connectivity index (χ4v) is 1.03. The van der Waals surface area contributed by atoms with Crippen LogP contribution in [-0.2, 0) is 11.3 Å². The molecule has 1 rings (SSSR count). The van der Waals surface area contributed by atoms with Crippen molar-refractivity contribution in [3.05, 3.63) is 27.4 Å². The van der Waals surface area contributed by atoms with Crippen LogP contribution in [-0.4, -0.2) is 20.6 Å². The van der Waals surface area contributed by atoms with Gasteiger partial charge in [-0.25, -0.2) is 4.98 Å². The van der Waals surface area contributed by atoms with Gasteiger partial charge in [0.15, 0.2) is 5.15 Å². The minimum Gasteiger partial charge on any atom is -0.480 e. The summed E-state index contributed by atoms with van der Waals surface area (Å²) in [7, 11) is 0. The number of hydrogen-bond acceptors (Lipinski definition) is 3. The Hall–Kier alpha value is -1.36. The summed E-state index contributed by atoms with van der Waals surface area (Å²) in [6.07, 6.45) is 1.35. The third-order valence-electron chi connectivity index (χ3n) is 1.51. The smallest absolute Gasteiger partial charge is 0.323 e. The number of hydrogen-bond donors (Lipinski definition) is 1. The lowest BCUT2D eigenvalue weighted by atomic mass is 10.4. The molecule has 0 saturated heterocycles. The fourth-order valence-electron chi connectivity index (χ4n) is 0.878. The first kappa shape index (κ1) is 9.73. The van der Waals surface area contributed by atoms with Crippen LogP contribution in [0.2, 0.25) is 5.15 Å². The van der Waals surface area contributed by atoms with Gasteiger partial charge in [-0.05, 0) is 6.92 Å². The molecule has 5 nitrogen and oxygen atoms in total. The van der Waals surface area contributed by atoms with E-state index in [0.717, 1.165) is 4.57 Å². The highest BCUT2D eigenvalue weighted by Crippen LogP contribution is 1.98. The number of carbonyl (C=O) groups is 1. The van der Waals surface area contributed by atoms with E-state index in [1.54, 1.807) is 6.92 Å². The zero-order valence-electron chi connectivity index (χ0n) is 6.82. The molecule has 0 aliphatic rings. The van der Waals surface area contributed by atoms with Gasteiger partial charge in [-0.15, -0.1) is 0 Å². The Bertz CT molecular complexity index is 399.